The highest BCUT2D eigenvalue weighted by molar-refractivity contribution is 5.73. The Bertz CT molecular complexity index is 970. The van der Waals surface area contributed by atoms with Crippen LogP contribution < -0.4 is 4.74 Å². The molecule has 0 bridgehead atoms. The molecular formula is C27H30FNO2. The summed E-state index contributed by atoms with van der Waals surface area (Å²) in [6, 6.07) is 25.1. The fourth-order valence-electron chi connectivity index (χ4n) is 3.73. The molecule has 0 radical (unpaired) electrons. The van der Waals surface area contributed by atoms with Gasteiger partial charge < -0.3 is 9.64 Å². The summed E-state index contributed by atoms with van der Waals surface area (Å²) in [5.74, 6) is 0.622. The molecule has 0 fully saturated rings. The molecule has 162 valence electrons. The topological polar surface area (TPSA) is 29.5 Å². The highest BCUT2D eigenvalue weighted by atomic mass is 19.1. The summed E-state index contributed by atoms with van der Waals surface area (Å²) in [5, 5.41) is 0. The Hall–Kier alpha value is -3.14. The number of nitrogens with zero attached hydrogens (tertiary/aromatic N) is 1. The molecule has 1 amide bonds. The maximum Gasteiger partial charge on any atom is 0.219 e. The molecule has 0 aliphatic rings. The summed E-state index contributed by atoms with van der Waals surface area (Å²) in [5.41, 5.74) is 2.88. The van der Waals surface area contributed by atoms with Crippen LogP contribution in [-0.4, -0.2) is 23.5 Å². The van der Waals surface area contributed by atoms with Crippen molar-refractivity contribution in [3.8, 4) is 5.75 Å². The molecular weight excluding hydrogens is 389 g/mol. The Morgan fingerprint density at radius 2 is 1.52 bits per heavy atom. The van der Waals surface area contributed by atoms with E-state index in [9.17, 15) is 9.18 Å². The van der Waals surface area contributed by atoms with Crippen molar-refractivity contribution in [1.82, 2.24) is 4.90 Å². The molecule has 3 nitrogen and oxygen atoms in total. The van der Waals surface area contributed by atoms with Gasteiger partial charge in [0.25, 0.3) is 0 Å². The molecule has 0 saturated carbocycles. The van der Waals surface area contributed by atoms with Gasteiger partial charge >= 0.3 is 0 Å². The van der Waals surface area contributed by atoms with Gasteiger partial charge in [-0.2, -0.15) is 0 Å². The molecule has 0 aliphatic heterocycles. The van der Waals surface area contributed by atoms with Gasteiger partial charge in [0.05, 0.1) is 6.10 Å². The van der Waals surface area contributed by atoms with E-state index in [4.69, 9.17) is 4.74 Å². The van der Waals surface area contributed by atoms with Crippen molar-refractivity contribution in [1.29, 1.82) is 0 Å². The number of amides is 1. The first-order valence-corrected chi connectivity index (χ1v) is 10.7. The third-order valence-corrected chi connectivity index (χ3v) is 5.31. The molecule has 3 aromatic carbocycles. The predicted octanol–water partition coefficient (Wildman–Crippen LogP) is 6.18. The van der Waals surface area contributed by atoms with Crippen LogP contribution in [0.25, 0.3) is 0 Å². The molecule has 0 spiro atoms. The van der Waals surface area contributed by atoms with Crippen molar-refractivity contribution >= 4 is 5.91 Å². The zero-order valence-corrected chi connectivity index (χ0v) is 18.4. The molecule has 0 N–H and O–H groups in total. The van der Waals surface area contributed by atoms with Crippen LogP contribution in [0.4, 0.5) is 4.39 Å². The second-order valence-electron chi connectivity index (χ2n) is 8.02. The largest absolute Gasteiger partial charge is 0.491 e. The molecule has 0 aromatic heterocycles. The van der Waals surface area contributed by atoms with Gasteiger partial charge in [-0.1, -0.05) is 60.7 Å². The Balaban J connectivity index is 1.79. The van der Waals surface area contributed by atoms with Crippen molar-refractivity contribution in [2.24, 2.45) is 0 Å². The van der Waals surface area contributed by atoms with Crippen molar-refractivity contribution in [2.45, 2.75) is 45.8 Å². The van der Waals surface area contributed by atoms with Gasteiger partial charge in [-0.05, 0) is 49.6 Å². The Labute approximate surface area is 184 Å². The number of halogens is 1. The van der Waals surface area contributed by atoms with Crippen LogP contribution >= 0.6 is 0 Å². The lowest BCUT2D eigenvalue weighted by atomic mass is 9.88. The van der Waals surface area contributed by atoms with E-state index in [0.29, 0.717) is 12.1 Å². The smallest absolute Gasteiger partial charge is 0.219 e. The average molecular weight is 420 g/mol. The van der Waals surface area contributed by atoms with E-state index in [2.05, 4.69) is 24.3 Å². The zero-order valence-electron chi connectivity index (χ0n) is 18.4. The molecule has 0 saturated heterocycles. The van der Waals surface area contributed by atoms with Crippen molar-refractivity contribution in [2.75, 3.05) is 6.54 Å². The first kappa shape index (κ1) is 22.5. The van der Waals surface area contributed by atoms with Gasteiger partial charge in [-0.25, -0.2) is 4.39 Å². The molecule has 1 atom stereocenters. The van der Waals surface area contributed by atoms with Crippen LogP contribution in [0.3, 0.4) is 0 Å². The zero-order chi connectivity index (χ0) is 22.2. The maximum atomic E-state index is 14.1. The van der Waals surface area contributed by atoms with Crippen LogP contribution in [0, 0.1) is 5.82 Å². The van der Waals surface area contributed by atoms with Crippen LogP contribution in [0.2, 0.25) is 0 Å². The Morgan fingerprint density at radius 1 is 0.903 bits per heavy atom. The summed E-state index contributed by atoms with van der Waals surface area (Å²) in [4.78, 5) is 14.0. The molecule has 3 rings (SSSR count). The number of carbonyl (C=O) groups excluding carboxylic acids is 1. The van der Waals surface area contributed by atoms with Crippen molar-refractivity contribution in [3.05, 3.63) is 101 Å². The third kappa shape index (κ3) is 6.42. The lowest BCUT2D eigenvalue weighted by Crippen LogP contribution is -2.30. The lowest BCUT2D eigenvalue weighted by molar-refractivity contribution is -0.129. The standard InChI is InChI=1S/C27H30FNO2/c1-20(2)31-25-15-13-23(14-16-25)26(22-9-5-4-6-10-22)17-18-29(21(3)30)19-24-11-7-8-12-27(24)28/h4-16,20,26H,17-19H2,1-3H3. The van der Waals surface area contributed by atoms with E-state index in [1.54, 1.807) is 23.1 Å². The maximum absolute atomic E-state index is 14.1. The van der Waals surface area contributed by atoms with E-state index in [1.807, 2.05) is 44.2 Å². The van der Waals surface area contributed by atoms with Crippen molar-refractivity contribution < 1.29 is 13.9 Å². The predicted molar refractivity (Wildman–Crippen MR) is 123 cm³/mol. The van der Waals surface area contributed by atoms with Gasteiger partial charge in [-0.3, -0.25) is 4.79 Å². The minimum absolute atomic E-state index is 0.0595. The fraction of sp³-hybridized carbons (Fsp3) is 0.296. The summed E-state index contributed by atoms with van der Waals surface area (Å²) in [7, 11) is 0. The minimum atomic E-state index is -0.283. The van der Waals surface area contributed by atoms with E-state index >= 15 is 0 Å². The second kappa shape index (κ2) is 10.8. The first-order chi connectivity index (χ1) is 14.9. The van der Waals surface area contributed by atoms with Crippen LogP contribution in [-0.2, 0) is 11.3 Å². The van der Waals surface area contributed by atoms with Crippen LogP contribution in [0.15, 0.2) is 78.9 Å². The average Bonchev–Trinajstić information content (AvgIpc) is 2.75. The summed E-state index contributed by atoms with van der Waals surface area (Å²) in [6.45, 7) is 6.35. The number of ether oxygens (including phenoxy) is 1. The molecule has 4 heteroatoms. The van der Waals surface area contributed by atoms with E-state index in [0.717, 1.165) is 17.7 Å². The molecule has 0 aliphatic carbocycles. The minimum Gasteiger partial charge on any atom is -0.491 e. The lowest BCUT2D eigenvalue weighted by Gasteiger charge is -2.25. The molecule has 1 unspecified atom stereocenters. The highest BCUT2D eigenvalue weighted by Gasteiger charge is 2.18. The first-order valence-electron chi connectivity index (χ1n) is 10.7. The summed E-state index contributed by atoms with van der Waals surface area (Å²) < 4.78 is 19.9. The number of hydrogen-bond acceptors (Lipinski definition) is 2. The monoisotopic (exact) mass is 419 g/mol. The normalized spacial score (nSPS) is 11.9. The molecule has 3 aromatic rings. The van der Waals surface area contributed by atoms with Crippen molar-refractivity contribution in [3.63, 3.8) is 0 Å². The van der Waals surface area contributed by atoms with Crippen LogP contribution in [0.5, 0.6) is 5.75 Å². The number of benzene rings is 3. The van der Waals surface area contributed by atoms with Gasteiger partial charge in [-0.15, -0.1) is 0 Å². The number of rotatable bonds is 9. The van der Waals surface area contributed by atoms with Gasteiger partial charge in [0.1, 0.15) is 11.6 Å². The van der Waals surface area contributed by atoms with Gasteiger partial charge in [0.2, 0.25) is 5.91 Å². The highest BCUT2D eigenvalue weighted by Crippen LogP contribution is 2.30. The second-order valence-corrected chi connectivity index (χ2v) is 8.02. The van der Waals surface area contributed by atoms with E-state index in [1.165, 1.54) is 18.6 Å². The summed E-state index contributed by atoms with van der Waals surface area (Å²) >= 11 is 0. The van der Waals surface area contributed by atoms with E-state index < -0.39 is 0 Å². The Kier molecular flexibility index (Phi) is 7.82. The van der Waals surface area contributed by atoms with E-state index in [-0.39, 0.29) is 30.3 Å². The number of hydrogen-bond donors (Lipinski definition) is 0. The SMILES string of the molecule is CC(=O)N(CCC(c1ccccc1)c1ccc(OC(C)C)cc1)Cc1ccccc1F. The third-order valence-electron chi connectivity index (χ3n) is 5.31. The molecule has 0 heterocycles. The van der Waals surface area contributed by atoms with Gasteiger partial charge in [0, 0.05) is 31.5 Å². The Morgan fingerprint density at radius 3 is 2.13 bits per heavy atom. The quantitative estimate of drug-likeness (QED) is 0.414. The van der Waals surface area contributed by atoms with Gasteiger partial charge in [0.15, 0.2) is 0 Å². The molecule has 31 heavy (non-hydrogen) atoms. The summed E-state index contributed by atoms with van der Waals surface area (Å²) in [6.07, 6.45) is 0.862. The van der Waals surface area contributed by atoms with Crippen LogP contribution in [0.1, 0.15) is 49.8 Å². The number of carbonyl (C=O) groups is 1. The fourth-order valence-corrected chi connectivity index (χ4v) is 3.73.